The van der Waals surface area contributed by atoms with Crippen molar-refractivity contribution >= 4 is 33.3 Å². The number of sulfonamides is 1. The fraction of sp³-hybridized carbons (Fsp3) is 0.522. The molecule has 2 aliphatic rings. The molecular formula is C23H29ClN4O6S. The van der Waals surface area contributed by atoms with E-state index in [4.69, 9.17) is 16.3 Å². The lowest BCUT2D eigenvalue weighted by atomic mass is 10.2. The number of carbonyl (C=O) groups excluding carboxylic acids is 1. The van der Waals surface area contributed by atoms with Crippen LogP contribution in [0.2, 0.25) is 5.02 Å². The van der Waals surface area contributed by atoms with Gasteiger partial charge in [0.2, 0.25) is 15.8 Å². The summed E-state index contributed by atoms with van der Waals surface area (Å²) in [5.41, 5.74) is 0.698. The van der Waals surface area contributed by atoms with Crippen molar-refractivity contribution in [1.29, 1.82) is 0 Å². The Kier molecular flexibility index (Phi) is 7.98. The molecule has 12 heteroatoms. The Balaban J connectivity index is 1.57. The zero-order chi connectivity index (χ0) is 25.0. The summed E-state index contributed by atoms with van der Waals surface area (Å²) in [5, 5.41) is 4.86. The average Bonchev–Trinajstić information content (AvgIpc) is 3.37. The summed E-state index contributed by atoms with van der Waals surface area (Å²) in [4.78, 5) is 26.8. The van der Waals surface area contributed by atoms with E-state index in [1.165, 1.54) is 16.1 Å². The monoisotopic (exact) mass is 524 g/mol. The number of carbonyl (C=O) groups is 1. The van der Waals surface area contributed by atoms with Gasteiger partial charge in [-0.3, -0.25) is 9.59 Å². The third kappa shape index (κ3) is 5.96. The first kappa shape index (κ1) is 25.5. The van der Waals surface area contributed by atoms with Gasteiger partial charge in [-0.15, -0.1) is 0 Å². The molecule has 1 saturated carbocycles. The topological polar surface area (TPSA) is 111 Å². The molecule has 1 saturated heterocycles. The van der Waals surface area contributed by atoms with Crippen molar-refractivity contribution < 1.29 is 22.7 Å². The molecule has 0 spiro atoms. The van der Waals surface area contributed by atoms with Crippen LogP contribution >= 0.6 is 11.6 Å². The minimum atomic E-state index is -3.60. The molecule has 0 atom stereocenters. The number of ether oxygens (including phenoxy) is 2. The van der Waals surface area contributed by atoms with E-state index < -0.39 is 16.0 Å². The number of nitrogens with zero attached hydrogens (tertiary/aromatic N) is 4. The number of aromatic nitrogens is 2. The molecule has 0 radical (unpaired) electrons. The van der Waals surface area contributed by atoms with Crippen LogP contribution in [0.3, 0.4) is 0 Å². The zero-order valence-corrected chi connectivity index (χ0v) is 21.1. The highest BCUT2D eigenvalue weighted by Gasteiger charge is 2.30. The smallest absolute Gasteiger partial charge is 0.316 e. The molecule has 0 bridgehead atoms. The van der Waals surface area contributed by atoms with Gasteiger partial charge in [0.05, 0.1) is 37.3 Å². The molecule has 2 aromatic rings. The maximum absolute atomic E-state index is 13.5. The Labute approximate surface area is 209 Å². The summed E-state index contributed by atoms with van der Waals surface area (Å²) in [7, 11) is -2.37. The Morgan fingerprint density at radius 1 is 1.17 bits per heavy atom. The summed E-state index contributed by atoms with van der Waals surface area (Å²) in [6.45, 7) is 1.18. The number of piperazine rings is 1. The largest absolute Gasteiger partial charge is 0.483 e. The number of halogens is 1. The number of methoxy groups -OCH3 is 1. The third-order valence-electron chi connectivity index (χ3n) is 6.32. The second kappa shape index (κ2) is 11.0. The second-order valence-corrected chi connectivity index (χ2v) is 11.1. The lowest BCUT2D eigenvalue weighted by molar-refractivity contribution is -0.140. The van der Waals surface area contributed by atoms with Gasteiger partial charge in [-0.05, 0) is 43.9 Å². The minimum absolute atomic E-state index is 0.0448. The summed E-state index contributed by atoms with van der Waals surface area (Å²) in [6, 6.07) is 6.88. The van der Waals surface area contributed by atoms with Gasteiger partial charge in [0.25, 0.3) is 0 Å². The fourth-order valence-corrected chi connectivity index (χ4v) is 5.97. The molecule has 1 aromatic carbocycles. The molecule has 4 rings (SSSR count). The van der Waals surface area contributed by atoms with Crippen LogP contribution in [-0.4, -0.2) is 73.6 Å². The molecule has 2 fully saturated rings. The van der Waals surface area contributed by atoms with E-state index in [-0.39, 0.29) is 42.7 Å². The fourth-order valence-electron chi connectivity index (χ4n) is 4.38. The van der Waals surface area contributed by atoms with Crippen molar-refractivity contribution in [1.82, 2.24) is 14.1 Å². The normalized spacial score (nSPS) is 17.5. The number of esters is 1. The molecule has 0 amide bonds. The molecule has 2 heterocycles. The Bertz CT molecular complexity index is 1220. The van der Waals surface area contributed by atoms with Crippen LogP contribution in [-0.2, 0) is 19.6 Å². The number of hydrogen-bond donors (Lipinski definition) is 0. The van der Waals surface area contributed by atoms with Crippen LogP contribution in [0.15, 0.2) is 35.3 Å². The highest BCUT2D eigenvalue weighted by molar-refractivity contribution is 7.89. The van der Waals surface area contributed by atoms with Crippen LogP contribution in [0.25, 0.3) is 5.69 Å². The van der Waals surface area contributed by atoms with E-state index in [1.54, 1.807) is 30.5 Å². The van der Waals surface area contributed by atoms with Crippen molar-refractivity contribution in [2.45, 2.75) is 38.2 Å². The van der Waals surface area contributed by atoms with Crippen molar-refractivity contribution in [3.8, 4) is 11.4 Å². The second-order valence-electron chi connectivity index (χ2n) is 8.61. The summed E-state index contributed by atoms with van der Waals surface area (Å²) < 4.78 is 38.7. The quantitative estimate of drug-likeness (QED) is 0.483. The van der Waals surface area contributed by atoms with Crippen LogP contribution < -0.4 is 15.2 Å². The zero-order valence-electron chi connectivity index (χ0n) is 19.6. The Hall–Kier alpha value is -2.63. The maximum Gasteiger partial charge on any atom is 0.316 e. The predicted octanol–water partition coefficient (Wildman–Crippen LogP) is 2.22. The van der Waals surface area contributed by atoms with Gasteiger partial charge in [0, 0.05) is 31.2 Å². The summed E-state index contributed by atoms with van der Waals surface area (Å²) in [5.74, 6) is -0.645. The maximum atomic E-state index is 13.5. The molecule has 1 aliphatic carbocycles. The molecule has 1 aliphatic heterocycles. The van der Waals surface area contributed by atoms with Crippen molar-refractivity contribution in [2.75, 3.05) is 43.9 Å². The van der Waals surface area contributed by atoms with Gasteiger partial charge in [-0.1, -0.05) is 17.7 Å². The van der Waals surface area contributed by atoms with Gasteiger partial charge in [-0.25, -0.2) is 8.42 Å². The lowest BCUT2D eigenvalue weighted by Crippen LogP contribution is -2.50. The molecular weight excluding hydrogens is 496 g/mol. The van der Waals surface area contributed by atoms with Crippen molar-refractivity contribution in [3.05, 3.63) is 45.8 Å². The first-order valence-electron chi connectivity index (χ1n) is 11.6. The number of hydrogen-bond acceptors (Lipinski definition) is 8. The molecule has 35 heavy (non-hydrogen) atoms. The van der Waals surface area contributed by atoms with E-state index >= 15 is 0 Å². The van der Waals surface area contributed by atoms with Gasteiger partial charge in [-0.2, -0.15) is 14.1 Å². The number of rotatable bonds is 8. The van der Waals surface area contributed by atoms with E-state index in [0.29, 0.717) is 29.5 Å². The van der Waals surface area contributed by atoms with E-state index in [9.17, 15) is 18.0 Å². The van der Waals surface area contributed by atoms with E-state index in [1.807, 2.05) is 4.90 Å². The highest BCUT2D eigenvalue weighted by atomic mass is 35.5. The summed E-state index contributed by atoms with van der Waals surface area (Å²) >= 11 is 6.11. The van der Waals surface area contributed by atoms with Gasteiger partial charge >= 0.3 is 11.5 Å². The van der Waals surface area contributed by atoms with Crippen molar-refractivity contribution in [2.24, 2.45) is 0 Å². The van der Waals surface area contributed by atoms with Crippen LogP contribution in [0.5, 0.6) is 5.75 Å². The van der Waals surface area contributed by atoms with Crippen molar-refractivity contribution in [3.63, 3.8) is 0 Å². The number of benzene rings is 1. The van der Waals surface area contributed by atoms with Gasteiger partial charge in [0.1, 0.15) is 5.69 Å². The molecule has 0 unspecified atom stereocenters. The molecule has 10 nitrogen and oxygen atoms in total. The average molecular weight is 525 g/mol. The SMILES string of the molecule is COC(=O)CCS(=O)(=O)N1CCN(c2cnn(-c3cccc(Cl)c3)c(=O)c2OC2CCCC2)CC1. The van der Waals surface area contributed by atoms with E-state index in [2.05, 4.69) is 9.84 Å². The highest BCUT2D eigenvalue weighted by Crippen LogP contribution is 2.30. The molecule has 0 N–H and O–H groups in total. The van der Waals surface area contributed by atoms with Gasteiger partial charge in [0.15, 0.2) is 0 Å². The Morgan fingerprint density at radius 3 is 2.54 bits per heavy atom. The van der Waals surface area contributed by atoms with Crippen LogP contribution in [0.1, 0.15) is 32.1 Å². The first-order valence-corrected chi connectivity index (χ1v) is 13.6. The minimum Gasteiger partial charge on any atom is -0.483 e. The van der Waals surface area contributed by atoms with Crippen LogP contribution in [0.4, 0.5) is 5.69 Å². The lowest BCUT2D eigenvalue weighted by Gasteiger charge is -2.36. The molecule has 190 valence electrons. The summed E-state index contributed by atoms with van der Waals surface area (Å²) in [6.07, 6.45) is 5.22. The standard InChI is InChI=1S/C23H29ClN4O6S/c1-33-21(29)9-14-35(31,32)27-12-10-26(11-13-27)20-16-25-28(18-6-4-5-17(24)15-18)23(30)22(20)34-19-7-2-3-8-19/h4-6,15-16,19H,2-3,7-14H2,1H3. The Morgan fingerprint density at radius 2 is 1.89 bits per heavy atom. The first-order chi connectivity index (χ1) is 16.8. The number of anilines is 1. The predicted molar refractivity (Wildman–Crippen MR) is 132 cm³/mol. The molecule has 1 aromatic heterocycles. The van der Waals surface area contributed by atoms with Crippen LogP contribution in [0, 0.1) is 0 Å². The van der Waals surface area contributed by atoms with Gasteiger partial charge < -0.3 is 14.4 Å². The third-order valence-corrected chi connectivity index (χ3v) is 8.43. The van der Waals surface area contributed by atoms with E-state index in [0.717, 1.165) is 25.7 Å².